The molecule has 1 spiro atoms. The van der Waals surface area contributed by atoms with Gasteiger partial charge in [-0.05, 0) is 111 Å². The topological polar surface area (TPSA) is 21.9 Å². The molecule has 9 aromatic rings. The first kappa shape index (κ1) is 29.3. The number of aromatic nitrogens is 3. The van der Waals surface area contributed by atoms with Crippen molar-refractivity contribution in [1.82, 2.24) is 4.57 Å². The Kier molecular flexibility index (Phi) is 6.02. The number of hydrogen-bond donors (Lipinski definition) is 0. The van der Waals surface area contributed by atoms with E-state index in [2.05, 4.69) is 143 Å². The van der Waals surface area contributed by atoms with Crippen LogP contribution in [0.4, 0.5) is 0 Å². The Bertz CT molecular complexity index is 3780. The molecule has 300 valence electrons. The molecule has 5 heterocycles. The predicted molar refractivity (Wildman–Crippen MR) is 252 cm³/mol. The van der Waals surface area contributed by atoms with Crippen LogP contribution in [0.5, 0.6) is 5.75 Å². The normalized spacial score (nSPS) is 17.3. The summed E-state index contributed by atoms with van der Waals surface area (Å²) in [6.45, 7) is 15.2. The van der Waals surface area contributed by atoms with Crippen molar-refractivity contribution in [2.45, 2.75) is 65.1 Å². The van der Waals surface area contributed by atoms with Gasteiger partial charge in [-0.25, -0.2) is 0 Å². The Morgan fingerprint density at radius 1 is 0.581 bits per heavy atom. The van der Waals surface area contributed by atoms with E-state index in [1.807, 2.05) is 36.4 Å². The maximum atomic E-state index is 10.2. The van der Waals surface area contributed by atoms with Crippen LogP contribution in [0.1, 0.15) is 74.8 Å². The zero-order valence-corrected chi connectivity index (χ0v) is 35.8. The Hall–Kier alpha value is -7.04. The molecule has 0 N–H and O–H groups in total. The van der Waals surface area contributed by atoms with Gasteiger partial charge in [-0.2, -0.15) is 4.57 Å². The summed E-state index contributed by atoms with van der Waals surface area (Å²) in [6.07, 6.45) is -0.340. The zero-order valence-electron chi connectivity index (χ0n) is 43.8. The number of rotatable bonds is 4. The van der Waals surface area contributed by atoms with Crippen LogP contribution in [0.25, 0.3) is 83.9 Å². The van der Waals surface area contributed by atoms with Gasteiger partial charge in [0.2, 0.25) is 5.69 Å². The molecule has 1 unspecified atom stereocenters. The monoisotopic (exact) mass is 811 g/mol. The summed E-state index contributed by atoms with van der Waals surface area (Å²) in [4.78, 5) is 0. The molecule has 7 aromatic carbocycles. The van der Waals surface area contributed by atoms with Gasteiger partial charge < -0.3 is 4.74 Å². The molecule has 62 heavy (non-hydrogen) atoms. The lowest BCUT2D eigenvalue weighted by atomic mass is 9.80. The first-order chi connectivity index (χ1) is 33.2. The van der Waals surface area contributed by atoms with Crippen molar-refractivity contribution in [3.05, 3.63) is 192 Å². The quantitative estimate of drug-likeness (QED) is 0.162. The van der Waals surface area contributed by atoms with Crippen LogP contribution < -0.4 is 13.9 Å². The average Bonchev–Trinajstić information content (AvgIpc) is 3.84. The van der Waals surface area contributed by atoms with Crippen LogP contribution in [-0.4, -0.2) is 4.57 Å². The van der Waals surface area contributed by atoms with E-state index in [4.69, 9.17) is 11.6 Å². The molecule has 2 aromatic heterocycles. The summed E-state index contributed by atoms with van der Waals surface area (Å²) < 4.78 is 87.3. The molecule has 0 radical (unpaired) electrons. The highest BCUT2D eigenvalue weighted by molar-refractivity contribution is 5.99. The van der Waals surface area contributed by atoms with Gasteiger partial charge >= 0.3 is 11.7 Å². The molecule has 0 saturated heterocycles. The molecule has 4 nitrogen and oxygen atoms in total. The maximum absolute atomic E-state index is 10.2. The second-order valence-corrected chi connectivity index (χ2v) is 18.9. The van der Waals surface area contributed by atoms with Crippen molar-refractivity contribution < 1.29 is 24.8 Å². The lowest BCUT2D eigenvalue weighted by molar-refractivity contribution is -0.997. The van der Waals surface area contributed by atoms with Crippen LogP contribution in [0.3, 0.4) is 0 Å². The highest BCUT2D eigenvalue weighted by Gasteiger charge is 2.68. The van der Waals surface area contributed by atoms with E-state index in [1.54, 1.807) is 4.57 Å². The fraction of sp³-hybridized carbons (Fsp3) is 0.172. The Labute approximate surface area is 375 Å². The lowest BCUT2D eigenvalue weighted by Crippen LogP contribution is -2.78. The number of imidazole rings is 1. The third-order valence-electron chi connectivity index (χ3n) is 13.0. The van der Waals surface area contributed by atoms with E-state index in [0.29, 0.717) is 16.9 Å². The Morgan fingerprint density at radius 2 is 1.27 bits per heavy atom. The molecule has 12 rings (SSSR count). The van der Waals surface area contributed by atoms with Crippen LogP contribution >= 0.6 is 0 Å². The smallest absolute Gasteiger partial charge is 0.392 e. The van der Waals surface area contributed by atoms with E-state index in [0.717, 1.165) is 72.6 Å². The molecule has 4 heteroatoms. The number of benzene rings is 7. The summed E-state index contributed by atoms with van der Waals surface area (Å²) in [5.74, 6) is -0.393. The fourth-order valence-electron chi connectivity index (χ4n) is 9.92. The number of pyridine rings is 1. The van der Waals surface area contributed by atoms with Crippen LogP contribution in [0.15, 0.2) is 170 Å². The number of nitrogens with zero attached hydrogens (tertiary/aromatic N) is 3. The van der Waals surface area contributed by atoms with Gasteiger partial charge in [-0.15, -0.1) is 9.13 Å². The first-order valence-electron chi connectivity index (χ1n) is 25.3. The minimum absolute atomic E-state index is 0.00344. The van der Waals surface area contributed by atoms with Gasteiger partial charge in [-0.3, -0.25) is 0 Å². The molecule has 0 aliphatic carbocycles. The third-order valence-corrected chi connectivity index (χ3v) is 13.0. The van der Waals surface area contributed by atoms with Crippen molar-refractivity contribution in [1.29, 1.82) is 0 Å². The van der Waals surface area contributed by atoms with Gasteiger partial charge in [0, 0.05) is 28.8 Å². The van der Waals surface area contributed by atoms with Gasteiger partial charge in [0.1, 0.15) is 23.9 Å². The summed E-state index contributed by atoms with van der Waals surface area (Å²) >= 11 is 0. The molecule has 3 aliphatic heterocycles. The zero-order chi connectivity index (χ0) is 49.2. The highest BCUT2D eigenvalue weighted by atomic mass is 16.5. The van der Waals surface area contributed by atoms with Gasteiger partial charge in [0.15, 0.2) is 17.2 Å². The van der Waals surface area contributed by atoms with Crippen molar-refractivity contribution in [2.24, 2.45) is 0 Å². The summed E-state index contributed by atoms with van der Waals surface area (Å²) in [5.41, 5.74) is 13.4. The number of hydrogen-bond acceptors (Lipinski definition) is 1. The Morgan fingerprint density at radius 3 is 2.03 bits per heavy atom. The van der Waals surface area contributed by atoms with Crippen LogP contribution in [0, 0.1) is 6.92 Å². The highest BCUT2D eigenvalue weighted by Crippen LogP contribution is 2.54. The Balaban J connectivity index is 1.25. The van der Waals surface area contributed by atoms with Crippen LogP contribution in [-0.2, 0) is 16.7 Å². The van der Waals surface area contributed by atoms with Gasteiger partial charge in [0.05, 0.1) is 15.2 Å². The van der Waals surface area contributed by atoms with Gasteiger partial charge in [0.25, 0.3) is 0 Å². The second kappa shape index (κ2) is 12.7. The molecular weight excluding hydrogens is 755 g/mol. The molecule has 0 fully saturated rings. The molecule has 3 aliphatic rings. The average molecular weight is 812 g/mol. The van der Waals surface area contributed by atoms with E-state index < -0.39 is 47.5 Å². The van der Waals surface area contributed by atoms with E-state index >= 15 is 0 Å². The largest absolute Gasteiger partial charge is 0.499 e. The minimum atomic E-state index is -1.70. The van der Waals surface area contributed by atoms with E-state index in [9.17, 15) is 4.11 Å². The molecule has 0 bridgehead atoms. The van der Waals surface area contributed by atoms with Crippen LogP contribution in [0.2, 0.25) is 0 Å². The van der Waals surface area contributed by atoms with Crippen molar-refractivity contribution in [3.8, 4) is 78.6 Å². The van der Waals surface area contributed by atoms with E-state index in [1.165, 1.54) is 5.56 Å². The number of fused-ring (bicyclic) bond motifs is 5. The first-order valence-corrected chi connectivity index (χ1v) is 21.3. The molecule has 1 atom stereocenters. The van der Waals surface area contributed by atoms with Gasteiger partial charge in [-0.1, -0.05) is 145 Å². The molecule has 0 saturated carbocycles. The predicted octanol–water partition coefficient (Wildman–Crippen LogP) is 13.3. The van der Waals surface area contributed by atoms with E-state index in [-0.39, 0.29) is 34.5 Å². The SMILES string of the molecule is [2H]c1c([2H])c([2H])c(-c2c([2H])c([2H])[n+]3c(c2[2H])-c2cc(C(C)(C)C)cc4c2C32Oc3ccccc3-c3n(-c5cc(C)c(-c6ccc(C(C)(C)C)cc6)cc5-c5ccccc5)c5cccc-4c5[n+]32)c([2H])c1[2H]. The number of aryl methyl sites for hydroxylation is 1. The molecule has 0 amide bonds. The lowest BCUT2D eigenvalue weighted by Gasteiger charge is -2.33. The maximum Gasteiger partial charge on any atom is 0.499 e. The standard InChI is InChI=1S/C58H49N3O/c1-36-31-51(46(38-19-12-9-13-20-38)35-45(36)39-25-27-41(28-26-39)56(2,3)4)60-49-23-16-22-43-47-33-42(57(5,6)7)34-48-50-32-40(37-17-10-8-11-18-37)29-30-59(50)58(53(47)48)61(54(43)49)55(60)44-21-14-15-24-52(44)62-58/h8-35H,1-7H3/q+2/i8D,10D,11D,17D,18D,29D,30D,32D. The summed E-state index contributed by atoms with van der Waals surface area (Å²) in [5, 5.41) is 0. The van der Waals surface area contributed by atoms with Crippen molar-refractivity contribution in [2.75, 3.05) is 0 Å². The molecular formula is C58H49N3O+2. The third kappa shape index (κ3) is 5.07. The van der Waals surface area contributed by atoms with Crippen molar-refractivity contribution >= 4 is 11.0 Å². The van der Waals surface area contributed by atoms with Crippen molar-refractivity contribution in [3.63, 3.8) is 0 Å². The number of para-hydroxylation sites is 2. The second-order valence-electron chi connectivity index (χ2n) is 18.9. The fourth-order valence-corrected chi connectivity index (χ4v) is 9.92. The summed E-state index contributed by atoms with van der Waals surface area (Å²) in [7, 11) is 0. The minimum Gasteiger partial charge on any atom is -0.392 e. The summed E-state index contributed by atoms with van der Waals surface area (Å²) in [6, 6.07) is 38.8. The number of ether oxygens (including phenoxy) is 1.